The highest BCUT2D eigenvalue weighted by Crippen LogP contribution is 2.31. The van der Waals surface area contributed by atoms with Crippen LogP contribution in [0.2, 0.25) is 5.02 Å². The first-order valence-electron chi connectivity index (χ1n) is 9.42. The highest BCUT2D eigenvalue weighted by molar-refractivity contribution is 6.30. The Morgan fingerprint density at radius 2 is 2.16 bits per heavy atom. The number of likely N-dealkylation sites (tertiary alicyclic amines) is 1. The van der Waals surface area contributed by atoms with Crippen molar-refractivity contribution >= 4 is 17.5 Å². The molecule has 1 unspecified atom stereocenters. The first-order valence-corrected chi connectivity index (χ1v) is 9.80. The van der Waals surface area contributed by atoms with E-state index in [-0.39, 0.29) is 11.9 Å². The molecular weight excluding hydrogens is 336 g/mol. The number of benzene rings is 1. The first-order chi connectivity index (χ1) is 12.1. The molecule has 5 heteroatoms. The largest absolute Gasteiger partial charge is 0.496 e. The van der Waals surface area contributed by atoms with E-state index < -0.39 is 0 Å². The molecule has 1 saturated carbocycles. The smallest absolute Gasteiger partial charge is 0.222 e. The summed E-state index contributed by atoms with van der Waals surface area (Å²) in [4.78, 5) is 14.8. The van der Waals surface area contributed by atoms with Gasteiger partial charge in [0.1, 0.15) is 5.75 Å². The normalized spacial score (nSPS) is 26.7. The number of carbonyl (C=O) groups is 1. The Hall–Kier alpha value is -1.26. The quantitative estimate of drug-likeness (QED) is 0.867. The molecule has 1 aliphatic heterocycles. The summed E-state index contributed by atoms with van der Waals surface area (Å²) < 4.78 is 5.46. The predicted octanol–water partition coefficient (Wildman–Crippen LogP) is 3.65. The number of hydrogen-bond donors (Lipinski definition) is 1. The number of ether oxygens (including phenoxy) is 1. The van der Waals surface area contributed by atoms with Gasteiger partial charge in [0.25, 0.3) is 0 Å². The summed E-state index contributed by atoms with van der Waals surface area (Å²) in [6, 6.07) is 5.97. The molecule has 1 aromatic carbocycles. The first kappa shape index (κ1) is 18.5. The van der Waals surface area contributed by atoms with Gasteiger partial charge < -0.3 is 15.4 Å². The topological polar surface area (TPSA) is 55.6 Å². The third-order valence-corrected chi connectivity index (χ3v) is 6.01. The van der Waals surface area contributed by atoms with Crippen LogP contribution in [0.3, 0.4) is 0 Å². The van der Waals surface area contributed by atoms with Crippen molar-refractivity contribution in [3.8, 4) is 5.75 Å². The van der Waals surface area contributed by atoms with Crippen LogP contribution in [0.25, 0.3) is 0 Å². The number of piperidine rings is 1. The van der Waals surface area contributed by atoms with Crippen LogP contribution in [-0.2, 0) is 11.2 Å². The molecule has 2 fully saturated rings. The second kappa shape index (κ2) is 8.41. The van der Waals surface area contributed by atoms with Gasteiger partial charge in [-0.2, -0.15) is 0 Å². The number of rotatable bonds is 5. The zero-order valence-electron chi connectivity index (χ0n) is 15.0. The Labute approximate surface area is 155 Å². The second-order valence-corrected chi connectivity index (χ2v) is 8.00. The van der Waals surface area contributed by atoms with Gasteiger partial charge in [-0.25, -0.2) is 0 Å². The van der Waals surface area contributed by atoms with Crippen LogP contribution in [-0.4, -0.2) is 37.0 Å². The van der Waals surface area contributed by atoms with Crippen LogP contribution >= 0.6 is 11.6 Å². The minimum absolute atomic E-state index is 0.209. The van der Waals surface area contributed by atoms with Gasteiger partial charge in [0.15, 0.2) is 0 Å². The Morgan fingerprint density at radius 1 is 1.32 bits per heavy atom. The number of hydrogen-bond acceptors (Lipinski definition) is 3. The summed E-state index contributed by atoms with van der Waals surface area (Å²) in [5.41, 5.74) is 7.27. The van der Waals surface area contributed by atoms with E-state index in [1.807, 2.05) is 18.2 Å². The van der Waals surface area contributed by atoms with Crippen molar-refractivity contribution < 1.29 is 9.53 Å². The van der Waals surface area contributed by atoms with Crippen molar-refractivity contribution in [1.29, 1.82) is 0 Å². The minimum atomic E-state index is 0.209. The van der Waals surface area contributed by atoms with Gasteiger partial charge in [0.2, 0.25) is 5.91 Å². The lowest BCUT2D eigenvalue weighted by molar-refractivity contribution is -0.134. The molecule has 1 heterocycles. The third-order valence-electron chi connectivity index (χ3n) is 5.78. The van der Waals surface area contributed by atoms with Crippen LogP contribution in [0.15, 0.2) is 18.2 Å². The van der Waals surface area contributed by atoms with E-state index in [9.17, 15) is 4.79 Å². The lowest BCUT2D eigenvalue weighted by Crippen LogP contribution is -2.42. The maximum atomic E-state index is 12.7. The summed E-state index contributed by atoms with van der Waals surface area (Å²) >= 11 is 6.15. The Morgan fingerprint density at radius 3 is 2.88 bits per heavy atom. The molecule has 0 spiro atoms. The molecule has 1 aromatic rings. The Kier molecular flexibility index (Phi) is 6.24. The van der Waals surface area contributed by atoms with E-state index in [4.69, 9.17) is 22.1 Å². The van der Waals surface area contributed by atoms with Crippen LogP contribution in [0.1, 0.15) is 44.1 Å². The maximum Gasteiger partial charge on any atom is 0.222 e. The van der Waals surface area contributed by atoms with E-state index in [0.29, 0.717) is 18.3 Å². The number of nitrogens with two attached hydrogens (primary N) is 1. The molecule has 4 nitrogen and oxygen atoms in total. The van der Waals surface area contributed by atoms with E-state index in [1.165, 1.54) is 0 Å². The van der Waals surface area contributed by atoms with Gasteiger partial charge in [-0.1, -0.05) is 18.0 Å². The van der Waals surface area contributed by atoms with Crippen molar-refractivity contribution in [3.63, 3.8) is 0 Å². The van der Waals surface area contributed by atoms with Crippen LogP contribution in [0.4, 0.5) is 0 Å². The molecule has 138 valence electrons. The molecular formula is C20H29ClN2O2. The summed E-state index contributed by atoms with van der Waals surface area (Å²) in [7, 11) is 1.69. The minimum Gasteiger partial charge on any atom is -0.496 e. The molecule has 3 atom stereocenters. The predicted molar refractivity (Wildman–Crippen MR) is 101 cm³/mol. The van der Waals surface area contributed by atoms with Gasteiger partial charge in [0.05, 0.1) is 7.11 Å². The van der Waals surface area contributed by atoms with E-state index in [1.54, 1.807) is 7.11 Å². The van der Waals surface area contributed by atoms with Crippen molar-refractivity contribution in [2.45, 2.75) is 51.0 Å². The number of carbonyl (C=O) groups excluding carboxylic acids is 1. The number of methoxy groups -OCH3 is 1. The summed E-state index contributed by atoms with van der Waals surface area (Å²) in [6.45, 7) is 1.71. The summed E-state index contributed by atoms with van der Waals surface area (Å²) in [5, 5.41) is 0.731. The van der Waals surface area contributed by atoms with Gasteiger partial charge in [0, 0.05) is 30.6 Å². The Balaban J connectivity index is 1.59. The molecule has 0 radical (unpaired) electrons. The molecule has 0 aromatic heterocycles. The highest BCUT2D eigenvalue weighted by atomic mass is 35.5. The van der Waals surface area contributed by atoms with Crippen molar-refractivity contribution in [1.82, 2.24) is 4.90 Å². The highest BCUT2D eigenvalue weighted by Gasteiger charge is 2.30. The molecule has 2 N–H and O–H groups in total. The zero-order chi connectivity index (χ0) is 17.8. The van der Waals surface area contributed by atoms with Crippen LogP contribution < -0.4 is 10.5 Å². The van der Waals surface area contributed by atoms with Crippen LogP contribution in [0, 0.1) is 11.8 Å². The fourth-order valence-electron chi connectivity index (χ4n) is 4.35. The monoisotopic (exact) mass is 364 g/mol. The number of halogens is 1. The SMILES string of the molecule is COc1ccc(Cl)cc1CC1CCCN(C(=O)C[C@@H]2CCC[C@H]2N)C1. The lowest BCUT2D eigenvalue weighted by atomic mass is 9.90. The average Bonchev–Trinajstić information content (AvgIpc) is 3.00. The van der Waals surface area contributed by atoms with Crippen molar-refractivity contribution in [2.75, 3.05) is 20.2 Å². The molecule has 1 amide bonds. The standard InChI is InChI=1S/C20H29ClN2O2/c1-25-19-8-7-17(21)11-16(19)10-14-4-3-9-23(13-14)20(24)12-15-5-2-6-18(15)22/h7-8,11,14-15,18H,2-6,9-10,12-13,22H2,1H3/t14?,15-,18+/m0/s1. The van der Waals surface area contributed by atoms with Gasteiger partial charge >= 0.3 is 0 Å². The lowest BCUT2D eigenvalue weighted by Gasteiger charge is -2.34. The average molecular weight is 365 g/mol. The third kappa shape index (κ3) is 4.68. The Bertz CT molecular complexity index is 607. The fourth-order valence-corrected chi connectivity index (χ4v) is 4.54. The van der Waals surface area contributed by atoms with Crippen molar-refractivity contribution in [3.05, 3.63) is 28.8 Å². The van der Waals surface area contributed by atoms with Crippen molar-refractivity contribution in [2.24, 2.45) is 17.6 Å². The zero-order valence-corrected chi connectivity index (χ0v) is 15.8. The molecule has 1 saturated heterocycles. The van der Waals surface area contributed by atoms with E-state index >= 15 is 0 Å². The number of nitrogens with zero attached hydrogens (tertiary/aromatic N) is 1. The van der Waals surface area contributed by atoms with E-state index in [0.717, 1.165) is 68.0 Å². The molecule has 0 bridgehead atoms. The summed E-state index contributed by atoms with van der Waals surface area (Å²) in [6.07, 6.45) is 7.05. The molecule has 1 aliphatic carbocycles. The van der Waals surface area contributed by atoms with E-state index in [2.05, 4.69) is 4.90 Å². The number of amides is 1. The van der Waals surface area contributed by atoms with Gasteiger partial charge in [-0.05, 0) is 67.7 Å². The maximum absolute atomic E-state index is 12.7. The van der Waals surface area contributed by atoms with Crippen LogP contribution in [0.5, 0.6) is 5.75 Å². The van der Waals surface area contributed by atoms with Gasteiger partial charge in [-0.3, -0.25) is 4.79 Å². The molecule has 25 heavy (non-hydrogen) atoms. The summed E-state index contributed by atoms with van der Waals surface area (Å²) in [5.74, 6) is 2.00. The fraction of sp³-hybridized carbons (Fsp3) is 0.650. The molecule has 3 rings (SSSR count). The van der Waals surface area contributed by atoms with Gasteiger partial charge in [-0.15, -0.1) is 0 Å². The molecule has 2 aliphatic rings. The second-order valence-electron chi connectivity index (χ2n) is 7.57.